The Bertz CT molecular complexity index is 938. The maximum atomic E-state index is 12.1. The zero-order valence-corrected chi connectivity index (χ0v) is 15.4. The van der Waals surface area contributed by atoms with Gasteiger partial charge in [0, 0.05) is 12.1 Å². The van der Waals surface area contributed by atoms with Crippen molar-refractivity contribution in [1.82, 2.24) is 15.1 Å². The van der Waals surface area contributed by atoms with Crippen LogP contribution >= 0.6 is 46.1 Å². The van der Waals surface area contributed by atoms with E-state index in [0.717, 1.165) is 4.88 Å². The number of rotatable bonds is 3. The molecule has 0 unspecified atom stereocenters. The van der Waals surface area contributed by atoms with Crippen LogP contribution in [0.4, 0.5) is 0 Å². The fraction of sp³-hybridized carbons (Fsp3) is 0.0667. The van der Waals surface area contributed by atoms with Crippen molar-refractivity contribution in [3.63, 3.8) is 0 Å². The molecule has 3 aromatic rings. The summed E-state index contributed by atoms with van der Waals surface area (Å²) in [7, 11) is 7.70. The number of hydrogen-bond acceptors (Lipinski definition) is 3. The van der Waals surface area contributed by atoms with Gasteiger partial charge in [0.25, 0.3) is 5.91 Å². The van der Waals surface area contributed by atoms with Crippen LogP contribution < -0.4 is 10.8 Å². The molecule has 3 rings (SSSR count). The average Bonchev–Trinajstić information content (AvgIpc) is 3.10. The highest BCUT2D eigenvalue weighted by molar-refractivity contribution is 7.19. The van der Waals surface area contributed by atoms with Gasteiger partial charge < -0.3 is 5.32 Å². The molecule has 0 saturated heterocycles. The van der Waals surface area contributed by atoms with E-state index in [9.17, 15) is 4.79 Å². The Labute approximate surface area is 158 Å². The lowest BCUT2D eigenvalue weighted by molar-refractivity contribution is 0.0959. The van der Waals surface area contributed by atoms with Crippen molar-refractivity contribution in [2.24, 2.45) is 0 Å². The Hall–Kier alpha value is -1.47. The molecule has 0 aliphatic heterocycles. The molecule has 0 spiro atoms. The molecule has 0 fully saturated rings. The first-order valence-electron chi connectivity index (χ1n) is 6.74. The van der Waals surface area contributed by atoms with Crippen LogP contribution in [0.15, 0.2) is 30.3 Å². The summed E-state index contributed by atoms with van der Waals surface area (Å²) < 4.78 is 2.13. The minimum absolute atomic E-state index is 0.114. The minimum atomic E-state index is -0.389. The van der Waals surface area contributed by atoms with Crippen molar-refractivity contribution >= 4 is 65.4 Å². The predicted molar refractivity (Wildman–Crippen MR) is 101 cm³/mol. The molecule has 120 valence electrons. The van der Waals surface area contributed by atoms with E-state index >= 15 is 0 Å². The third-order valence-electron chi connectivity index (χ3n) is 3.31. The van der Waals surface area contributed by atoms with Gasteiger partial charge in [-0.25, -0.2) is 4.68 Å². The first kappa shape index (κ1) is 17.4. The van der Waals surface area contributed by atoms with E-state index < -0.39 is 0 Å². The highest BCUT2D eigenvalue weighted by Crippen LogP contribution is 2.33. The molecule has 2 heterocycles. The van der Waals surface area contributed by atoms with Crippen LogP contribution in [0.2, 0.25) is 14.4 Å². The highest BCUT2D eigenvalue weighted by atomic mass is 35.5. The maximum absolute atomic E-state index is 12.1. The summed E-state index contributed by atoms with van der Waals surface area (Å²) in [5.74, 6) is -0.389. The molecule has 1 N–H and O–H groups in total. The number of thiophene rings is 1. The monoisotopic (exact) mass is 395 g/mol. The number of nitrogens with one attached hydrogen (secondary N) is 1. The maximum Gasteiger partial charge on any atom is 0.270 e. The first-order chi connectivity index (χ1) is 11.4. The molecule has 0 aliphatic carbocycles. The summed E-state index contributed by atoms with van der Waals surface area (Å²) in [5.41, 5.74) is 1.47. The molecule has 4 nitrogen and oxygen atoms in total. The van der Waals surface area contributed by atoms with Gasteiger partial charge in [0.15, 0.2) is 0 Å². The molecule has 0 aliphatic rings. The van der Waals surface area contributed by atoms with Crippen LogP contribution in [-0.2, 0) is 0 Å². The second kappa shape index (κ2) is 6.80. The Balaban J connectivity index is 2.29. The molecule has 1 aromatic carbocycles. The van der Waals surface area contributed by atoms with Gasteiger partial charge in [-0.2, -0.15) is 5.10 Å². The quantitative estimate of drug-likeness (QED) is 0.686. The molecule has 0 saturated carbocycles. The van der Waals surface area contributed by atoms with Crippen LogP contribution in [0.5, 0.6) is 0 Å². The number of nitrogens with zero attached hydrogens (tertiary/aromatic N) is 2. The van der Waals surface area contributed by atoms with Crippen molar-refractivity contribution in [1.29, 1.82) is 0 Å². The van der Waals surface area contributed by atoms with E-state index in [-0.39, 0.29) is 17.1 Å². The smallest absolute Gasteiger partial charge is 0.270 e. The third kappa shape index (κ3) is 3.07. The molecule has 2 radical (unpaired) electrons. The van der Waals surface area contributed by atoms with Crippen LogP contribution in [0, 0.1) is 0 Å². The fourth-order valence-electron chi connectivity index (χ4n) is 2.22. The van der Waals surface area contributed by atoms with Gasteiger partial charge in [-0.3, -0.25) is 4.79 Å². The second-order valence-electron chi connectivity index (χ2n) is 4.80. The highest BCUT2D eigenvalue weighted by Gasteiger charge is 2.23. The summed E-state index contributed by atoms with van der Waals surface area (Å²) >= 11 is 19.6. The van der Waals surface area contributed by atoms with E-state index in [4.69, 9.17) is 42.6 Å². The normalized spacial score (nSPS) is 10.8. The molecular formula is C15H9BCl3N3OS. The Morgan fingerprint density at radius 1 is 1.25 bits per heavy atom. The van der Waals surface area contributed by atoms with Crippen LogP contribution in [-0.4, -0.2) is 30.6 Å². The van der Waals surface area contributed by atoms with Crippen molar-refractivity contribution in [2.45, 2.75) is 0 Å². The van der Waals surface area contributed by atoms with Crippen molar-refractivity contribution < 1.29 is 4.79 Å². The molecule has 2 aromatic heterocycles. The van der Waals surface area contributed by atoms with Crippen molar-refractivity contribution in [3.05, 3.63) is 50.4 Å². The Kier molecular flexibility index (Phi) is 4.92. The number of aromatic nitrogens is 2. The van der Waals surface area contributed by atoms with Gasteiger partial charge in [-0.15, -0.1) is 11.3 Å². The van der Waals surface area contributed by atoms with Crippen LogP contribution in [0.3, 0.4) is 0 Å². The lowest BCUT2D eigenvalue weighted by Gasteiger charge is -2.09. The van der Waals surface area contributed by atoms with Gasteiger partial charge >= 0.3 is 0 Å². The summed E-state index contributed by atoms with van der Waals surface area (Å²) in [6, 6.07) is 8.56. The zero-order chi connectivity index (χ0) is 17.4. The summed E-state index contributed by atoms with van der Waals surface area (Å²) in [6.45, 7) is 0. The van der Waals surface area contributed by atoms with Gasteiger partial charge in [-0.05, 0) is 35.8 Å². The predicted octanol–water partition coefficient (Wildman–Crippen LogP) is 3.71. The number of benzene rings is 1. The first-order valence-corrected chi connectivity index (χ1v) is 8.69. The van der Waals surface area contributed by atoms with Crippen LogP contribution in [0.1, 0.15) is 10.5 Å². The van der Waals surface area contributed by atoms with E-state index in [0.29, 0.717) is 25.8 Å². The molecular weight excluding hydrogens is 387 g/mol. The number of hydrogen-bond donors (Lipinski definition) is 1. The standard InChI is InChI=1S/C15H9BCl3N3OS/c1-20-15(23)13-12(16)14(10-4-5-11(19)24-10)22(21-13)9-3-2-7(17)6-8(9)18/h2-6H,1H3,(H,20,23). The minimum Gasteiger partial charge on any atom is -0.354 e. The summed E-state index contributed by atoms with van der Waals surface area (Å²) in [5, 5.41) is 7.75. The lowest BCUT2D eigenvalue weighted by Crippen LogP contribution is -2.25. The van der Waals surface area contributed by atoms with Gasteiger partial charge in [0.1, 0.15) is 13.5 Å². The van der Waals surface area contributed by atoms with Crippen molar-refractivity contribution in [2.75, 3.05) is 7.05 Å². The number of halogens is 3. The molecule has 0 atom stereocenters. The fourth-order valence-corrected chi connectivity index (χ4v) is 3.80. The molecule has 1 amide bonds. The van der Waals surface area contributed by atoms with E-state index in [1.807, 2.05) is 6.07 Å². The Morgan fingerprint density at radius 3 is 2.58 bits per heavy atom. The van der Waals surface area contributed by atoms with Gasteiger partial charge in [0.05, 0.1) is 25.6 Å². The molecule has 24 heavy (non-hydrogen) atoms. The van der Waals surface area contributed by atoms with Crippen LogP contribution in [0.25, 0.3) is 16.3 Å². The van der Waals surface area contributed by atoms with E-state index in [2.05, 4.69) is 10.4 Å². The van der Waals surface area contributed by atoms with E-state index in [1.165, 1.54) is 23.1 Å². The Morgan fingerprint density at radius 2 is 2.00 bits per heavy atom. The number of carbonyl (C=O) groups excluding carboxylic acids is 1. The van der Waals surface area contributed by atoms with Crippen molar-refractivity contribution in [3.8, 4) is 16.3 Å². The third-order valence-corrected chi connectivity index (χ3v) is 5.08. The molecule has 0 bridgehead atoms. The second-order valence-corrected chi connectivity index (χ2v) is 7.36. The SMILES string of the molecule is [B]c1c(C(=O)NC)nn(-c2ccc(Cl)cc2Cl)c1-c1ccc(Cl)s1. The zero-order valence-electron chi connectivity index (χ0n) is 12.3. The van der Waals surface area contributed by atoms with Gasteiger partial charge in [-0.1, -0.05) is 34.8 Å². The van der Waals surface area contributed by atoms with Gasteiger partial charge in [0.2, 0.25) is 0 Å². The topological polar surface area (TPSA) is 46.9 Å². The number of carbonyl (C=O) groups is 1. The van der Waals surface area contributed by atoms with E-state index in [1.54, 1.807) is 24.3 Å². The summed E-state index contributed by atoms with van der Waals surface area (Å²) in [4.78, 5) is 12.8. The lowest BCUT2D eigenvalue weighted by atomic mass is 9.92. The number of amides is 1. The average molecular weight is 396 g/mol. The largest absolute Gasteiger partial charge is 0.354 e. The molecule has 9 heteroatoms. The summed E-state index contributed by atoms with van der Waals surface area (Å²) in [6.07, 6.45) is 0.